The number of sulfonamides is 1. The van der Waals surface area contributed by atoms with Gasteiger partial charge in [-0.05, 0) is 13.8 Å². The molecule has 0 saturated carbocycles. The van der Waals surface area contributed by atoms with Crippen molar-refractivity contribution in [2.24, 2.45) is 5.41 Å². The molecule has 0 aliphatic carbocycles. The molecule has 0 radical (unpaired) electrons. The Morgan fingerprint density at radius 2 is 1.69 bits per heavy atom. The number of rotatable bonds is 8. The van der Waals surface area contributed by atoms with E-state index in [4.69, 9.17) is 4.74 Å². The molecule has 0 unspecified atom stereocenters. The largest absolute Gasteiger partial charge is 0.397 e. The molecule has 1 N–H and O–H groups in total. The Balaban J connectivity index is 1.67. The summed E-state index contributed by atoms with van der Waals surface area (Å²) in [7, 11) is -4.08. The first kappa shape index (κ1) is 27.7. The molecule has 2 heterocycles. The Labute approximate surface area is 210 Å². The van der Waals surface area contributed by atoms with Gasteiger partial charge in [-0.3, -0.25) is 0 Å². The van der Waals surface area contributed by atoms with Crippen molar-refractivity contribution in [1.29, 1.82) is 0 Å². The number of ether oxygens (including phenoxy) is 1. The van der Waals surface area contributed by atoms with Crippen molar-refractivity contribution < 1.29 is 31.1 Å². The topological polar surface area (TPSA) is 103 Å². The summed E-state index contributed by atoms with van der Waals surface area (Å²) in [4.78, 5) is 16.6. The van der Waals surface area contributed by atoms with E-state index in [-0.39, 0.29) is 22.2 Å². The van der Waals surface area contributed by atoms with Crippen LogP contribution in [0.2, 0.25) is 17.3 Å². The smallest absolute Gasteiger partial charge is 0.170 e. The molecule has 2 aromatic heterocycles. The normalized spacial score (nSPS) is 12.9. The Kier molecular flexibility index (Phi) is 7.61. The first-order chi connectivity index (χ1) is 16.5. The third-order valence-corrected chi connectivity index (χ3v) is 11.1. The van der Waals surface area contributed by atoms with Gasteiger partial charge in [0, 0.05) is 12.3 Å². The molecule has 0 bridgehead atoms. The number of benzene rings is 1. The summed E-state index contributed by atoms with van der Waals surface area (Å²) in [6.07, 6.45) is -1.82. The maximum atomic E-state index is 13.0. The molecule has 0 spiro atoms. The number of hydrogen-bond donors (Lipinski definition) is 1. The molecular weight excluding hydrogens is 558 g/mol. The molecule has 0 fully saturated rings. The molecule has 1 aromatic carbocycles. The number of aromatic nitrogens is 3. The third-order valence-electron chi connectivity index (χ3n) is 5.42. The van der Waals surface area contributed by atoms with Crippen LogP contribution in [0.5, 0.6) is 5.88 Å². The summed E-state index contributed by atoms with van der Waals surface area (Å²) in [6, 6.07) is 10.7. The quantitative estimate of drug-likeness (QED) is 0.403. The summed E-state index contributed by atoms with van der Waals surface area (Å²) < 4.78 is 73.8. The Morgan fingerprint density at radius 3 is 2.22 bits per heavy atom. The van der Waals surface area contributed by atoms with Crippen LogP contribution in [-0.4, -0.2) is 55.1 Å². The van der Waals surface area contributed by atoms with Crippen molar-refractivity contribution in [3.8, 4) is 11.7 Å². The van der Waals surface area contributed by atoms with Gasteiger partial charge in [0.1, 0.15) is 6.61 Å². The van der Waals surface area contributed by atoms with Crippen molar-refractivity contribution in [3.05, 3.63) is 60.4 Å². The monoisotopic (exact) mass is 586 g/mol. The number of carbonyl (C=O) groups is 1. The van der Waals surface area contributed by atoms with E-state index < -0.39 is 47.4 Å². The zero-order valence-corrected chi connectivity index (χ0v) is 23.3. The van der Waals surface area contributed by atoms with Gasteiger partial charge in [0.25, 0.3) is 0 Å². The molecule has 1 amide bonds. The number of nitrogens with one attached hydrogen (secondary N) is 1. The molecule has 0 saturated heterocycles. The minimum absolute atomic E-state index is 0.000747. The van der Waals surface area contributed by atoms with Crippen molar-refractivity contribution in [3.63, 3.8) is 0 Å². The Morgan fingerprint density at radius 1 is 1.06 bits per heavy atom. The van der Waals surface area contributed by atoms with Crippen LogP contribution in [0.25, 0.3) is 5.82 Å². The number of pyridine rings is 1. The Hall–Kier alpha value is -2.87. The molecule has 194 valence electrons. The molecule has 8 nitrogen and oxygen atoms in total. The van der Waals surface area contributed by atoms with E-state index in [0.29, 0.717) is 0 Å². The zero-order valence-electron chi connectivity index (χ0n) is 20.4. The van der Waals surface area contributed by atoms with Gasteiger partial charge in [-0.15, -0.1) is 5.10 Å². The van der Waals surface area contributed by atoms with Gasteiger partial charge in [0.15, 0.2) is 0 Å². The maximum Gasteiger partial charge on any atom is 0.397 e. The summed E-state index contributed by atoms with van der Waals surface area (Å²) >= 11 is -2.11. The third kappa shape index (κ3) is 6.46. The van der Waals surface area contributed by atoms with Gasteiger partial charge < -0.3 is 4.74 Å². The fourth-order valence-electron chi connectivity index (χ4n) is 2.88. The minimum atomic E-state index is -4.43. The number of hydrogen-bond acceptors (Lipinski definition) is 6. The summed E-state index contributed by atoms with van der Waals surface area (Å²) in [6.45, 7) is 1.44. The number of alkyl halides is 3. The van der Waals surface area contributed by atoms with Crippen LogP contribution in [0, 0.1) is 5.41 Å². The maximum absolute atomic E-state index is 13.0. The molecule has 0 aliphatic heterocycles. The van der Waals surface area contributed by atoms with Crippen molar-refractivity contribution >= 4 is 33.6 Å². The number of amides is 1. The zero-order chi connectivity index (χ0) is 26.9. The van der Waals surface area contributed by atoms with Crippen LogP contribution < -0.4 is 13.9 Å². The number of nitrogens with zero attached hydrogens (tertiary/aromatic N) is 3. The molecule has 3 aromatic rings. The standard InChI is InChI=1S/C23H27F3GeN4O4S/c1-22(2,23(24,25)26)15-35-20-12-13-31(29-20)19-11-6-16(14-28-19)21(32)30-36(33,34)18-9-7-17(8-10-18)27(3,4)5/h6-14H,15H2,1-5H3,(H,30,32). The van der Waals surface area contributed by atoms with Gasteiger partial charge in [-0.25, -0.2) is 0 Å². The van der Waals surface area contributed by atoms with Crippen molar-refractivity contribution in [1.82, 2.24) is 19.5 Å². The van der Waals surface area contributed by atoms with Crippen LogP contribution in [0.3, 0.4) is 0 Å². The predicted molar refractivity (Wildman–Crippen MR) is 131 cm³/mol. The van der Waals surface area contributed by atoms with Gasteiger partial charge in [-0.1, -0.05) is 0 Å². The second-order valence-corrected chi connectivity index (χ2v) is 22.2. The minimum Gasteiger partial charge on any atom is -0.170 e. The average Bonchev–Trinajstić information content (AvgIpc) is 3.25. The Bertz CT molecular complexity index is 1330. The molecule has 0 aliphatic rings. The van der Waals surface area contributed by atoms with Gasteiger partial charge in [0.05, 0.1) is 5.41 Å². The SMILES string of the molecule is CC(C)(COc1ccn(-c2ccc(C(=O)NS(=O)(=O)c3cc[c]([Ge]([CH3])([CH3])[CH3])cc3)cn2)n1)C(F)(F)F. The molecule has 13 heteroatoms. The average molecular weight is 585 g/mol. The van der Waals surface area contributed by atoms with Crippen molar-refractivity contribution in [2.75, 3.05) is 6.61 Å². The van der Waals surface area contributed by atoms with E-state index in [0.717, 1.165) is 18.2 Å². The molecule has 0 atom stereocenters. The van der Waals surface area contributed by atoms with Gasteiger partial charge in [-0.2, -0.15) is 13.2 Å². The predicted octanol–water partition coefficient (Wildman–Crippen LogP) is 3.90. The second kappa shape index (κ2) is 9.88. The molecule has 3 rings (SSSR count). The van der Waals surface area contributed by atoms with E-state index >= 15 is 0 Å². The van der Waals surface area contributed by atoms with E-state index in [1.54, 1.807) is 12.1 Å². The number of halogens is 3. The summed E-state index contributed by atoms with van der Waals surface area (Å²) in [5, 5.41) is 4.04. The van der Waals surface area contributed by atoms with Crippen LogP contribution in [0.4, 0.5) is 13.2 Å². The van der Waals surface area contributed by atoms with E-state index in [1.165, 1.54) is 47.4 Å². The van der Waals surface area contributed by atoms with Crippen LogP contribution in [0.15, 0.2) is 59.8 Å². The van der Waals surface area contributed by atoms with E-state index in [9.17, 15) is 26.4 Å². The van der Waals surface area contributed by atoms with Crippen LogP contribution in [-0.2, 0) is 10.0 Å². The fourth-order valence-corrected chi connectivity index (χ4v) is 6.30. The van der Waals surface area contributed by atoms with Crippen molar-refractivity contribution in [2.45, 2.75) is 42.2 Å². The fraction of sp³-hybridized carbons (Fsp3) is 0.348. The van der Waals surface area contributed by atoms with Crippen LogP contribution in [0.1, 0.15) is 24.2 Å². The second-order valence-electron chi connectivity index (χ2n) is 9.88. The van der Waals surface area contributed by atoms with Crippen LogP contribution >= 0.6 is 0 Å². The molecule has 36 heavy (non-hydrogen) atoms. The van der Waals surface area contributed by atoms with Gasteiger partial charge in [0.2, 0.25) is 5.88 Å². The van der Waals surface area contributed by atoms with E-state index in [1.807, 2.05) is 4.72 Å². The summed E-state index contributed by atoms with van der Waals surface area (Å²) in [5.74, 6) is 5.94. The first-order valence-electron chi connectivity index (χ1n) is 10.9. The van der Waals surface area contributed by atoms with Gasteiger partial charge >= 0.3 is 144 Å². The van der Waals surface area contributed by atoms with E-state index in [2.05, 4.69) is 27.4 Å². The summed E-state index contributed by atoms with van der Waals surface area (Å²) in [5.41, 5.74) is -2.05. The number of carbonyl (C=O) groups excluding carboxylic acids is 1. The molecular formula is C23H27F3GeN4O4S. The first-order valence-corrected chi connectivity index (χ1v) is 19.7.